The number of hydrogen-bond donors (Lipinski definition) is 2. The molecule has 0 unspecified atom stereocenters. The largest absolute Gasteiger partial charge is 0.449 e. The van der Waals surface area contributed by atoms with Gasteiger partial charge in [0.25, 0.3) is 0 Å². The zero-order valence-corrected chi connectivity index (χ0v) is 16.6. The normalized spacial score (nSPS) is 10.8. The second-order valence-corrected chi connectivity index (χ2v) is 6.92. The predicted molar refractivity (Wildman–Crippen MR) is 107 cm³/mol. The van der Waals surface area contributed by atoms with Crippen LogP contribution < -0.4 is 11.5 Å². The minimum Gasteiger partial charge on any atom is -0.449 e. The third-order valence-electron chi connectivity index (χ3n) is 4.50. The molecule has 5 heteroatoms. The summed E-state index contributed by atoms with van der Waals surface area (Å²) in [7, 11) is 0. The first-order valence-electron chi connectivity index (χ1n) is 10.6. The highest BCUT2D eigenvalue weighted by atomic mass is 16.6. The Bertz CT molecular complexity index is 288. The van der Waals surface area contributed by atoms with Crippen LogP contribution in [0.5, 0.6) is 0 Å². The summed E-state index contributed by atoms with van der Waals surface area (Å²) < 4.78 is 5.41. The zero-order chi connectivity index (χ0) is 18.6. The van der Waals surface area contributed by atoms with Crippen LogP contribution in [0.4, 0.5) is 4.79 Å². The van der Waals surface area contributed by atoms with Crippen LogP contribution in [0.25, 0.3) is 0 Å². The average molecular weight is 358 g/mol. The van der Waals surface area contributed by atoms with Crippen LogP contribution in [0.3, 0.4) is 0 Å². The lowest BCUT2D eigenvalue weighted by Crippen LogP contribution is -2.33. The van der Waals surface area contributed by atoms with Crippen molar-refractivity contribution in [1.29, 1.82) is 0 Å². The first-order chi connectivity index (χ1) is 12.3. The summed E-state index contributed by atoms with van der Waals surface area (Å²) in [6, 6.07) is 0. The van der Waals surface area contributed by atoms with Crippen molar-refractivity contribution in [3.05, 3.63) is 0 Å². The number of carbonyl (C=O) groups excluding carboxylic acids is 1. The molecule has 5 nitrogen and oxygen atoms in total. The molecule has 0 aliphatic heterocycles. The highest BCUT2D eigenvalue weighted by molar-refractivity contribution is 5.67. The molecule has 0 aliphatic rings. The molecular formula is C20H43N3O2. The van der Waals surface area contributed by atoms with Crippen LogP contribution in [-0.2, 0) is 4.74 Å². The average Bonchev–Trinajstić information content (AvgIpc) is 2.62. The van der Waals surface area contributed by atoms with Gasteiger partial charge in [0, 0.05) is 13.1 Å². The number of amides is 1. The monoisotopic (exact) mass is 357 g/mol. The van der Waals surface area contributed by atoms with Gasteiger partial charge in [0.1, 0.15) is 0 Å². The van der Waals surface area contributed by atoms with Gasteiger partial charge in [-0.15, -0.1) is 0 Å². The molecule has 0 aromatic heterocycles. The number of nitrogens with zero attached hydrogens (tertiary/aromatic N) is 1. The van der Waals surface area contributed by atoms with E-state index >= 15 is 0 Å². The molecule has 1 amide bonds. The minimum atomic E-state index is -0.126. The van der Waals surface area contributed by atoms with Crippen molar-refractivity contribution in [1.82, 2.24) is 4.90 Å². The molecule has 0 spiro atoms. The van der Waals surface area contributed by atoms with Gasteiger partial charge in [-0.1, -0.05) is 58.3 Å². The summed E-state index contributed by atoms with van der Waals surface area (Å²) >= 11 is 0. The fourth-order valence-electron chi connectivity index (χ4n) is 2.82. The number of nitrogens with two attached hydrogens (primary N) is 2. The Balaban J connectivity index is 3.95. The number of ether oxygens (including phenoxy) is 1. The molecule has 0 aliphatic carbocycles. The van der Waals surface area contributed by atoms with Crippen LogP contribution >= 0.6 is 0 Å². The first-order valence-corrected chi connectivity index (χ1v) is 10.6. The Labute approximate surface area is 155 Å². The lowest BCUT2D eigenvalue weighted by atomic mass is 10.1. The molecule has 0 saturated heterocycles. The highest BCUT2D eigenvalue weighted by Gasteiger charge is 2.13. The Morgan fingerprint density at radius 3 is 1.60 bits per heavy atom. The van der Waals surface area contributed by atoms with E-state index in [4.69, 9.17) is 16.2 Å². The van der Waals surface area contributed by atoms with Crippen molar-refractivity contribution in [2.75, 3.05) is 32.8 Å². The van der Waals surface area contributed by atoms with Gasteiger partial charge in [0.15, 0.2) is 0 Å². The van der Waals surface area contributed by atoms with E-state index in [2.05, 4.69) is 6.92 Å². The van der Waals surface area contributed by atoms with E-state index in [-0.39, 0.29) is 6.09 Å². The Morgan fingerprint density at radius 1 is 0.720 bits per heavy atom. The number of hydrogen-bond acceptors (Lipinski definition) is 4. The highest BCUT2D eigenvalue weighted by Crippen LogP contribution is 2.09. The summed E-state index contributed by atoms with van der Waals surface area (Å²) in [4.78, 5) is 14.2. The van der Waals surface area contributed by atoms with Crippen molar-refractivity contribution in [2.24, 2.45) is 11.5 Å². The quantitative estimate of drug-likeness (QED) is 0.355. The summed E-state index contributed by atoms with van der Waals surface area (Å²) in [6.45, 7) is 5.87. The van der Waals surface area contributed by atoms with Crippen molar-refractivity contribution in [2.45, 2.75) is 90.4 Å². The summed E-state index contributed by atoms with van der Waals surface area (Å²) in [5.74, 6) is 0. The molecule has 0 aromatic carbocycles. The number of carbonyl (C=O) groups is 1. The second-order valence-electron chi connectivity index (χ2n) is 6.92. The SMILES string of the molecule is CCCCOC(=O)N(CCCCCCCN)CCCCCCCCN. The van der Waals surface area contributed by atoms with Crippen LogP contribution in [0.2, 0.25) is 0 Å². The number of rotatable bonds is 18. The van der Waals surface area contributed by atoms with Gasteiger partial charge in [-0.25, -0.2) is 4.79 Å². The van der Waals surface area contributed by atoms with E-state index in [1.165, 1.54) is 38.5 Å². The summed E-state index contributed by atoms with van der Waals surface area (Å²) in [6.07, 6.45) is 14.7. The van der Waals surface area contributed by atoms with Crippen LogP contribution in [-0.4, -0.2) is 43.8 Å². The van der Waals surface area contributed by atoms with Gasteiger partial charge >= 0.3 is 6.09 Å². The third-order valence-corrected chi connectivity index (χ3v) is 4.50. The smallest absolute Gasteiger partial charge is 0.409 e. The van der Waals surface area contributed by atoms with Crippen molar-refractivity contribution in [3.8, 4) is 0 Å². The van der Waals surface area contributed by atoms with Gasteiger partial charge in [0.2, 0.25) is 0 Å². The van der Waals surface area contributed by atoms with E-state index in [1.54, 1.807) is 0 Å². The lowest BCUT2D eigenvalue weighted by Gasteiger charge is -2.22. The topological polar surface area (TPSA) is 81.6 Å². The van der Waals surface area contributed by atoms with Gasteiger partial charge in [-0.3, -0.25) is 0 Å². The number of unbranched alkanes of at least 4 members (excludes halogenated alkanes) is 10. The maximum absolute atomic E-state index is 12.3. The molecule has 0 saturated carbocycles. The van der Waals surface area contributed by atoms with Crippen molar-refractivity contribution < 1.29 is 9.53 Å². The molecule has 0 bridgehead atoms. The van der Waals surface area contributed by atoms with Gasteiger partial charge in [-0.05, 0) is 45.2 Å². The van der Waals surface area contributed by atoms with Crippen LogP contribution in [0.15, 0.2) is 0 Å². The maximum Gasteiger partial charge on any atom is 0.409 e. The molecule has 0 aromatic rings. The Kier molecular flexibility index (Phi) is 18.9. The maximum atomic E-state index is 12.3. The fourth-order valence-corrected chi connectivity index (χ4v) is 2.82. The van der Waals surface area contributed by atoms with E-state index < -0.39 is 0 Å². The molecular weight excluding hydrogens is 314 g/mol. The van der Waals surface area contributed by atoms with Gasteiger partial charge < -0.3 is 21.1 Å². The zero-order valence-electron chi connectivity index (χ0n) is 16.6. The fraction of sp³-hybridized carbons (Fsp3) is 0.950. The van der Waals surface area contributed by atoms with E-state index in [0.717, 1.165) is 71.1 Å². The lowest BCUT2D eigenvalue weighted by molar-refractivity contribution is 0.0994. The minimum absolute atomic E-state index is 0.126. The molecule has 0 heterocycles. The summed E-state index contributed by atoms with van der Waals surface area (Å²) in [5.41, 5.74) is 11.0. The third kappa shape index (κ3) is 16.4. The van der Waals surface area contributed by atoms with Crippen molar-refractivity contribution in [3.63, 3.8) is 0 Å². The van der Waals surface area contributed by atoms with E-state index in [9.17, 15) is 4.79 Å². The predicted octanol–water partition coefficient (Wildman–Crippen LogP) is 4.43. The molecule has 0 atom stereocenters. The van der Waals surface area contributed by atoms with E-state index in [1.807, 2.05) is 4.90 Å². The molecule has 0 rings (SSSR count). The molecule has 25 heavy (non-hydrogen) atoms. The van der Waals surface area contributed by atoms with Crippen LogP contribution in [0, 0.1) is 0 Å². The summed E-state index contributed by atoms with van der Waals surface area (Å²) in [5, 5.41) is 0. The van der Waals surface area contributed by atoms with Gasteiger partial charge in [0.05, 0.1) is 6.61 Å². The second kappa shape index (κ2) is 19.5. The van der Waals surface area contributed by atoms with Crippen LogP contribution in [0.1, 0.15) is 90.4 Å². The first kappa shape index (κ1) is 24.2. The Hall–Kier alpha value is -0.810. The van der Waals surface area contributed by atoms with Crippen molar-refractivity contribution >= 4 is 6.09 Å². The van der Waals surface area contributed by atoms with Gasteiger partial charge in [-0.2, -0.15) is 0 Å². The molecule has 4 N–H and O–H groups in total. The molecule has 0 radical (unpaired) electrons. The molecule has 150 valence electrons. The van der Waals surface area contributed by atoms with E-state index in [0.29, 0.717) is 6.61 Å². The Morgan fingerprint density at radius 2 is 1.16 bits per heavy atom. The standard InChI is InChI=1S/C20H43N3O2/c1-2-3-19-25-20(24)23(18-14-10-6-8-12-16-22)17-13-9-5-4-7-11-15-21/h2-19,21-22H2,1H3. The molecule has 0 fully saturated rings.